The zero-order chi connectivity index (χ0) is 62.7. The molecule has 0 radical (unpaired) electrons. The summed E-state index contributed by atoms with van der Waals surface area (Å²) in [6, 6.07) is 71.0. The third kappa shape index (κ3) is 10.1. The molecule has 2 aromatic heterocycles. The Balaban J connectivity index is 0.00000785. The van der Waals surface area contributed by atoms with Crippen molar-refractivity contribution < 1.29 is 34.0 Å². The predicted molar refractivity (Wildman–Crippen MR) is 348 cm³/mol. The van der Waals surface area contributed by atoms with Gasteiger partial charge in [0.1, 0.15) is 5.82 Å². The Hall–Kier alpha value is -7.98. The summed E-state index contributed by atoms with van der Waals surface area (Å²) in [5, 5.41) is 1.89. The number of aryl methyl sites for hydroxylation is 1. The van der Waals surface area contributed by atoms with E-state index in [1.54, 1.807) is 12.3 Å². The summed E-state index contributed by atoms with van der Waals surface area (Å²) < 4.78 is 61.4. The van der Waals surface area contributed by atoms with E-state index in [4.69, 9.17) is 17.9 Å². The van der Waals surface area contributed by atoms with Gasteiger partial charge in [-0.05, 0) is 139 Å². The Morgan fingerprint density at radius 1 is 0.536 bits per heavy atom. The van der Waals surface area contributed by atoms with Gasteiger partial charge in [0, 0.05) is 86.3 Å². The summed E-state index contributed by atoms with van der Waals surface area (Å²) in [7, 11) is 0. The van der Waals surface area contributed by atoms with E-state index >= 15 is 0 Å². The molecule has 424 valence electrons. The average molecular weight is 1280 g/mol. The molecule has 0 fully saturated rings. The Morgan fingerprint density at radius 3 is 1.88 bits per heavy atom. The van der Waals surface area contributed by atoms with Gasteiger partial charge >= 0.3 is 0 Å². The van der Waals surface area contributed by atoms with Gasteiger partial charge in [-0.2, -0.15) is 12.1 Å². The molecule has 13 rings (SSSR count). The molecule has 0 unspecified atom stereocenters. The fourth-order valence-electron chi connectivity index (χ4n) is 12.6. The number of rotatable bonds is 9. The molecule has 6 heteroatoms. The minimum Gasteiger partial charge on any atom is -0.509 e. The maximum Gasteiger partial charge on any atom is 0.135 e. The number of nitrogens with zero attached hydrogens (tertiary/aromatic N) is 4. The van der Waals surface area contributed by atoms with Gasteiger partial charge < -0.3 is 19.1 Å². The van der Waals surface area contributed by atoms with E-state index < -0.39 is 19.1 Å². The van der Waals surface area contributed by atoms with Gasteiger partial charge in [-0.15, -0.1) is 48.1 Å². The summed E-state index contributed by atoms with van der Waals surface area (Å²) in [6.45, 7) is 19.7. The fourth-order valence-corrected chi connectivity index (χ4v) is 12.6. The van der Waals surface area contributed by atoms with E-state index in [1.807, 2.05) is 83.4 Å². The van der Waals surface area contributed by atoms with E-state index in [0.29, 0.717) is 34.0 Å². The zero-order valence-electron chi connectivity index (χ0n) is 55.5. The number of ether oxygens (including phenoxy) is 1. The normalized spacial score (nSPS) is 15.9. The van der Waals surface area contributed by atoms with Crippen molar-refractivity contribution >= 4 is 44.6 Å². The number of anilines is 4. The fraction of sp³-hybridized carbons (Fsp3) is 0.231. The van der Waals surface area contributed by atoms with Crippen LogP contribution in [-0.2, 0) is 42.7 Å². The third-order valence-corrected chi connectivity index (χ3v) is 17.4. The van der Waals surface area contributed by atoms with Gasteiger partial charge in [0.15, 0.2) is 0 Å². The van der Waals surface area contributed by atoms with Crippen LogP contribution in [0.1, 0.15) is 124 Å². The second kappa shape index (κ2) is 21.3. The number of aromatic nitrogens is 2. The van der Waals surface area contributed by atoms with E-state index in [0.717, 1.165) is 102 Å². The third-order valence-electron chi connectivity index (χ3n) is 17.4. The molecule has 5 nitrogen and oxygen atoms in total. The monoisotopic (exact) mass is 1280 g/mol. The smallest absolute Gasteiger partial charge is 0.135 e. The van der Waals surface area contributed by atoms with Crippen LogP contribution in [0.25, 0.3) is 72.1 Å². The molecule has 0 bridgehead atoms. The number of benzene rings is 9. The van der Waals surface area contributed by atoms with Gasteiger partial charge in [0.2, 0.25) is 0 Å². The summed E-state index contributed by atoms with van der Waals surface area (Å²) in [5.74, 6) is 1.39. The Morgan fingerprint density at radius 2 is 1.17 bits per heavy atom. The maximum absolute atomic E-state index is 8.94. The van der Waals surface area contributed by atoms with Gasteiger partial charge in [-0.25, -0.2) is 4.98 Å². The summed E-state index contributed by atoms with van der Waals surface area (Å²) in [6.07, 6.45) is 3.86. The van der Waals surface area contributed by atoms with Crippen LogP contribution in [0, 0.1) is 32.5 Å². The first kappa shape index (κ1) is 49.4. The average Bonchev–Trinajstić information content (AvgIpc) is 1.35. The van der Waals surface area contributed by atoms with E-state index in [2.05, 4.69) is 201 Å². The minimum absolute atomic E-state index is 0. The summed E-state index contributed by atoms with van der Waals surface area (Å²) in [4.78, 5) is 9.38. The second-order valence-corrected chi connectivity index (χ2v) is 26.0. The number of hydrogen-bond donors (Lipinski definition) is 0. The SMILES string of the molecule is [2H]C([2H])([2H])c1cc(-n2c3[c-]c(Oc4[c-]c(N5[CH-]N(c6c(-c7ccc(-c8cc(C(C)(C)C)cc(C(C)(C)C)c8C([2H])([2H])[2H])cc7)cccc6-c6ccc7c(c6)C(C)(C)CCC7(C)C)c6ccccc65)ccc4)ccc3c3ccccc32)ncc1-c1ccccc1.[Pt]. The van der Waals surface area contributed by atoms with E-state index in [-0.39, 0.29) is 42.9 Å². The van der Waals surface area contributed by atoms with Gasteiger partial charge in [-0.1, -0.05) is 208 Å². The first-order valence-corrected chi connectivity index (χ1v) is 29.0. The molecule has 0 amide bonds. The molecular formula is C78H73N4OPt-3. The molecule has 84 heavy (non-hydrogen) atoms. The Bertz CT molecular complexity index is 4570. The molecule has 1 aliphatic heterocycles. The standard InChI is InChI=1S/C78H73N4O.Pt/c1-50-42-73(79-48-65(50)52-22-14-13-15-23-52)82-69-29-17-16-26-62(69)63-38-37-59(47-72(63)82)83-58-25-20-24-57(46-58)80-49-81(71-31-19-18-30-70(71)80)74-60(27-21-28-61(74)55-36-39-66-68(43-55)78(11,12)41-40-77(66,9)10)53-32-34-54(35-33-53)64-44-56(75(3,4)5)45-67(51(64)2)76(6,7)8;/h13-39,42-45,48-49H,40-41H2,1-12H3;/q-3;/i1D3,2D3;. The molecule has 3 heterocycles. The molecule has 11 aromatic rings. The van der Waals surface area contributed by atoms with Crippen molar-refractivity contribution in [3.8, 4) is 61.8 Å². The molecule has 0 N–H and O–H groups in total. The Kier molecular flexibility index (Phi) is 12.5. The summed E-state index contributed by atoms with van der Waals surface area (Å²) >= 11 is 0. The van der Waals surface area contributed by atoms with Crippen LogP contribution in [-0.4, -0.2) is 9.55 Å². The topological polar surface area (TPSA) is 33.5 Å². The summed E-state index contributed by atoms with van der Waals surface area (Å²) in [5.41, 5.74) is 17.0. The quantitative estimate of drug-likeness (QED) is 0.135. The molecule has 0 saturated heterocycles. The van der Waals surface area contributed by atoms with Gasteiger partial charge in [0.05, 0.1) is 0 Å². The molecule has 0 spiro atoms. The largest absolute Gasteiger partial charge is 0.509 e. The minimum atomic E-state index is -2.41. The van der Waals surface area contributed by atoms with E-state index in [1.165, 1.54) is 11.1 Å². The van der Waals surface area contributed by atoms with Crippen molar-refractivity contribution in [2.75, 3.05) is 9.80 Å². The molecule has 1 aliphatic carbocycles. The van der Waals surface area contributed by atoms with Gasteiger partial charge in [0.25, 0.3) is 0 Å². The molecule has 9 aromatic carbocycles. The van der Waals surface area contributed by atoms with Crippen molar-refractivity contribution in [3.63, 3.8) is 0 Å². The van der Waals surface area contributed by atoms with Crippen LogP contribution < -0.4 is 14.5 Å². The van der Waals surface area contributed by atoms with Crippen LogP contribution in [0.3, 0.4) is 0 Å². The predicted octanol–water partition coefficient (Wildman–Crippen LogP) is 21.2. The van der Waals surface area contributed by atoms with Gasteiger partial charge in [-0.3, -0.25) is 0 Å². The number of para-hydroxylation sites is 4. The first-order chi connectivity index (χ1) is 42.1. The van der Waals surface area contributed by atoms with Crippen molar-refractivity contribution in [2.45, 2.75) is 117 Å². The zero-order valence-corrected chi connectivity index (χ0v) is 51.8. The molecule has 2 aliphatic rings. The molecule has 0 atom stereocenters. The van der Waals surface area contributed by atoms with Crippen LogP contribution >= 0.6 is 0 Å². The molecule has 0 saturated carbocycles. The second-order valence-electron chi connectivity index (χ2n) is 26.0. The maximum atomic E-state index is 8.94. The van der Waals surface area contributed by atoms with Crippen LogP contribution in [0.2, 0.25) is 0 Å². The van der Waals surface area contributed by atoms with Crippen LogP contribution in [0.5, 0.6) is 11.5 Å². The Labute approximate surface area is 520 Å². The van der Waals surface area contributed by atoms with Crippen molar-refractivity contribution in [1.82, 2.24) is 9.55 Å². The molecular weight excluding hydrogens is 1200 g/mol. The van der Waals surface area contributed by atoms with Crippen LogP contribution in [0.4, 0.5) is 22.7 Å². The first-order valence-electron chi connectivity index (χ1n) is 32.0. The van der Waals surface area contributed by atoms with E-state index in [9.17, 15) is 0 Å². The van der Waals surface area contributed by atoms with Crippen molar-refractivity contribution in [3.05, 3.63) is 246 Å². The van der Waals surface area contributed by atoms with Crippen LogP contribution in [0.15, 0.2) is 194 Å². The van der Waals surface area contributed by atoms with Crippen molar-refractivity contribution in [1.29, 1.82) is 0 Å². The number of fused-ring (bicyclic) bond motifs is 5. The number of hydrogen-bond acceptors (Lipinski definition) is 4. The van der Waals surface area contributed by atoms with Crippen molar-refractivity contribution in [2.24, 2.45) is 0 Å². The number of pyridine rings is 1.